The summed E-state index contributed by atoms with van der Waals surface area (Å²) in [6.45, 7) is 7.68. The zero-order chi connectivity index (χ0) is 18.7. The molecule has 3 aromatic rings. The fraction of sp³-hybridized carbons (Fsp3) is 0.526. The van der Waals surface area contributed by atoms with Gasteiger partial charge >= 0.3 is 0 Å². The monoisotopic (exact) mass is 356 g/mol. The third-order valence-corrected chi connectivity index (χ3v) is 4.83. The highest BCUT2D eigenvalue weighted by molar-refractivity contribution is 5.20. The molecule has 0 saturated carbocycles. The van der Waals surface area contributed by atoms with E-state index in [9.17, 15) is 5.11 Å². The molecule has 0 spiro atoms. The van der Waals surface area contributed by atoms with Crippen LogP contribution in [0.5, 0.6) is 0 Å². The molecule has 140 valence electrons. The molecule has 7 heteroatoms. The van der Waals surface area contributed by atoms with Gasteiger partial charge in [-0.3, -0.25) is 14.0 Å². The molecule has 0 bridgehead atoms. The van der Waals surface area contributed by atoms with Crippen LogP contribution in [0.2, 0.25) is 0 Å². The molecule has 1 N–H and O–H groups in total. The van der Waals surface area contributed by atoms with Crippen molar-refractivity contribution in [3.63, 3.8) is 0 Å². The molecule has 7 nitrogen and oxygen atoms in total. The first-order chi connectivity index (χ1) is 12.5. The molecule has 0 aromatic carbocycles. The summed E-state index contributed by atoms with van der Waals surface area (Å²) in [7, 11) is 1.97. The van der Waals surface area contributed by atoms with Crippen LogP contribution in [0.25, 0.3) is 0 Å². The Hall–Kier alpha value is -2.41. The molecule has 3 aromatic heterocycles. The molecule has 3 rings (SSSR count). The zero-order valence-electron chi connectivity index (χ0n) is 16.1. The van der Waals surface area contributed by atoms with Crippen molar-refractivity contribution in [2.75, 3.05) is 6.61 Å². The molecular formula is C19H28N6O. The fourth-order valence-corrected chi connectivity index (χ4v) is 3.26. The molecule has 0 radical (unpaired) electrons. The molecule has 1 atom stereocenters. The summed E-state index contributed by atoms with van der Waals surface area (Å²) in [5.41, 5.74) is 5.39. The molecule has 0 aliphatic carbocycles. The Morgan fingerprint density at radius 1 is 1.04 bits per heavy atom. The first-order valence-electron chi connectivity index (χ1n) is 9.17. The van der Waals surface area contributed by atoms with Crippen LogP contribution in [0.3, 0.4) is 0 Å². The number of hydrogen-bond acceptors (Lipinski definition) is 4. The number of aryl methyl sites for hydroxylation is 4. The largest absolute Gasteiger partial charge is 0.394 e. The van der Waals surface area contributed by atoms with E-state index < -0.39 is 0 Å². The predicted octanol–water partition coefficient (Wildman–Crippen LogP) is 2.01. The summed E-state index contributed by atoms with van der Waals surface area (Å²) < 4.78 is 5.74. The Morgan fingerprint density at radius 2 is 1.81 bits per heavy atom. The van der Waals surface area contributed by atoms with Gasteiger partial charge in [0.05, 0.1) is 30.2 Å². The first kappa shape index (κ1) is 18.4. The van der Waals surface area contributed by atoms with Gasteiger partial charge in [-0.25, -0.2) is 0 Å². The minimum atomic E-state index is 0.0965. The average Bonchev–Trinajstić information content (AvgIpc) is 3.29. The lowest BCUT2D eigenvalue weighted by Gasteiger charge is -2.12. The maximum atomic E-state index is 9.18. The van der Waals surface area contributed by atoms with Crippen LogP contribution in [-0.4, -0.2) is 41.1 Å². The Morgan fingerprint density at radius 3 is 2.42 bits per heavy atom. The van der Waals surface area contributed by atoms with Gasteiger partial charge in [0.15, 0.2) is 0 Å². The summed E-state index contributed by atoms with van der Waals surface area (Å²) in [5, 5.41) is 23.2. The van der Waals surface area contributed by atoms with E-state index in [1.165, 1.54) is 0 Å². The molecule has 0 amide bonds. The molecular weight excluding hydrogens is 328 g/mol. The highest BCUT2D eigenvalue weighted by Crippen LogP contribution is 2.24. The van der Waals surface area contributed by atoms with Crippen LogP contribution in [0.1, 0.15) is 41.3 Å². The van der Waals surface area contributed by atoms with E-state index in [4.69, 9.17) is 5.10 Å². The van der Waals surface area contributed by atoms with E-state index in [2.05, 4.69) is 42.2 Å². The second-order valence-corrected chi connectivity index (χ2v) is 6.83. The maximum absolute atomic E-state index is 9.18. The Balaban J connectivity index is 1.85. The molecule has 0 aliphatic heterocycles. The van der Waals surface area contributed by atoms with Crippen molar-refractivity contribution in [1.29, 1.82) is 0 Å². The van der Waals surface area contributed by atoms with Crippen LogP contribution in [0.4, 0.5) is 0 Å². The number of hydrogen-bond donors (Lipinski definition) is 1. The van der Waals surface area contributed by atoms with Crippen molar-refractivity contribution in [1.82, 2.24) is 29.3 Å². The highest BCUT2D eigenvalue weighted by Gasteiger charge is 2.20. The van der Waals surface area contributed by atoms with Crippen molar-refractivity contribution in [3.8, 4) is 0 Å². The lowest BCUT2D eigenvalue weighted by Crippen LogP contribution is -2.11. The second-order valence-electron chi connectivity index (χ2n) is 6.83. The van der Waals surface area contributed by atoms with Crippen molar-refractivity contribution >= 4 is 0 Å². The first-order valence-corrected chi connectivity index (χ1v) is 9.17. The van der Waals surface area contributed by atoms with Crippen molar-refractivity contribution in [2.45, 2.75) is 52.6 Å². The topological polar surface area (TPSA) is 73.7 Å². The smallest absolute Gasteiger partial charge is 0.0665 e. The zero-order valence-corrected chi connectivity index (χ0v) is 16.1. The Labute approximate surface area is 154 Å². The molecule has 0 fully saturated rings. The van der Waals surface area contributed by atoms with Crippen LogP contribution in [0.15, 0.2) is 24.4 Å². The molecule has 0 saturated heterocycles. The van der Waals surface area contributed by atoms with E-state index in [1.54, 1.807) is 0 Å². The third-order valence-electron chi connectivity index (χ3n) is 4.83. The van der Waals surface area contributed by atoms with Crippen molar-refractivity contribution in [2.24, 2.45) is 7.05 Å². The third kappa shape index (κ3) is 4.04. The summed E-state index contributed by atoms with van der Waals surface area (Å²) in [6.07, 6.45) is 3.65. The average molecular weight is 356 g/mol. The van der Waals surface area contributed by atoms with E-state index in [1.807, 2.05) is 34.2 Å². The lowest BCUT2D eigenvalue weighted by atomic mass is 9.94. The highest BCUT2D eigenvalue weighted by atomic mass is 16.3. The summed E-state index contributed by atoms with van der Waals surface area (Å²) in [4.78, 5) is 0. The minimum absolute atomic E-state index is 0.0965. The van der Waals surface area contributed by atoms with E-state index in [-0.39, 0.29) is 12.5 Å². The van der Waals surface area contributed by atoms with Crippen LogP contribution >= 0.6 is 0 Å². The predicted molar refractivity (Wildman–Crippen MR) is 100 cm³/mol. The maximum Gasteiger partial charge on any atom is 0.0665 e. The fourth-order valence-electron chi connectivity index (χ4n) is 3.26. The number of aromatic nitrogens is 6. The summed E-state index contributed by atoms with van der Waals surface area (Å²) in [5.74, 6) is 0.215. The Kier molecular flexibility index (Phi) is 5.56. The number of aliphatic hydroxyl groups is 1. The standard InChI is InChI=1S/C19H28N6O/c1-5-24-7-6-17(20-24)12-16(19-11-14(2)23(4)22-19)13-18-10-15(3)25(21-18)8-9-26/h6-7,10-11,16,26H,5,8-9,12-13H2,1-4H3. The van der Waals surface area contributed by atoms with Crippen molar-refractivity contribution in [3.05, 3.63) is 52.9 Å². The summed E-state index contributed by atoms with van der Waals surface area (Å²) in [6, 6.07) is 6.34. The Bertz CT molecular complexity index is 840. The number of rotatable bonds is 8. The number of aliphatic hydroxyl groups excluding tert-OH is 1. The SMILES string of the molecule is CCn1ccc(CC(Cc2cc(C)n(CCO)n2)c2cc(C)n(C)n2)n1. The van der Waals surface area contributed by atoms with Crippen LogP contribution in [0, 0.1) is 13.8 Å². The quantitative estimate of drug-likeness (QED) is 0.670. The van der Waals surface area contributed by atoms with Gasteiger partial charge in [-0.05, 0) is 39.0 Å². The number of nitrogens with zero attached hydrogens (tertiary/aromatic N) is 6. The van der Waals surface area contributed by atoms with Gasteiger partial charge < -0.3 is 5.11 Å². The second kappa shape index (κ2) is 7.86. The van der Waals surface area contributed by atoms with Gasteiger partial charge in [0.2, 0.25) is 0 Å². The van der Waals surface area contributed by atoms with Crippen molar-refractivity contribution < 1.29 is 5.11 Å². The van der Waals surface area contributed by atoms with Gasteiger partial charge in [0.1, 0.15) is 0 Å². The van der Waals surface area contributed by atoms with E-state index >= 15 is 0 Å². The summed E-state index contributed by atoms with van der Waals surface area (Å²) >= 11 is 0. The van der Waals surface area contributed by atoms with Gasteiger partial charge in [0, 0.05) is 49.9 Å². The van der Waals surface area contributed by atoms with E-state index in [0.29, 0.717) is 6.54 Å². The minimum Gasteiger partial charge on any atom is -0.394 e. The molecule has 0 aliphatic rings. The van der Waals surface area contributed by atoms with Gasteiger partial charge in [-0.1, -0.05) is 0 Å². The van der Waals surface area contributed by atoms with Crippen LogP contribution < -0.4 is 0 Å². The van der Waals surface area contributed by atoms with Gasteiger partial charge in [0.25, 0.3) is 0 Å². The molecule has 1 unspecified atom stereocenters. The molecule has 3 heterocycles. The van der Waals surface area contributed by atoms with Gasteiger partial charge in [-0.2, -0.15) is 15.3 Å². The normalized spacial score (nSPS) is 12.7. The van der Waals surface area contributed by atoms with E-state index in [0.717, 1.165) is 47.9 Å². The lowest BCUT2D eigenvalue weighted by molar-refractivity contribution is 0.267. The molecule has 26 heavy (non-hydrogen) atoms. The van der Waals surface area contributed by atoms with Gasteiger partial charge in [-0.15, -0.1) is 0 Å². The van der Waals surface area contributed by atoms with Crippen LogP contribution in [-0.2, 0) is 33.0 Å².